The number of benzene rings is 1. The van der Waals surface area contributed by atoms with Crippen molar-refractivity contribution in [1.29, 1.82) is 0 Å². The van der Waals surface area contributed by atoms with E-state index in [1.54, 1.807) is 0 Å². The maximum absolute atomic E-state index is 11.8. The van der Waals surface area contributed by atoms with Gasteiger partial charge in [-0.15, -0.1) is 0 Å². The van der Waals surface area contributed by atoms with Gasteiger partial charge in [-0.2, -0.15) is 0 Å². The molecule has 19 heavy (non-hydrogen) atoms. The van der Waals surface area contributed by atoms with Crippen molar-refractivity contribution in [3.8, 4) is 0 Å². The third kappa shape index (κ3) is 3.18. The number of amides is 2. The number of hydrogen-bond donors (Lipinski definition) is 3. The molecule has 0 aromatic heterocycles. The van der Waals surface area contributed by atoms with Crippen LogP contribution in [0, 0.1) is 0 Å². The van der Waals surface area contributed by atoms with Crippen LogP contribution < -0.4 is 10.6 Å². The van der Waals surface area contributed by atoms with Gasteiger partial charge in [0.25, 0.3) is 5.24 Å². The fraction of sp³-hybridized carbons (Fsp3) is 0.182. The van der Waals surface area contributed by atoms with Crippen LogP contribution in [0.1, 0.15) is 10.4 Å². The van der Waals surface area contributed by atoms with Crippen LogP contribution in [0.4, 0.5) is 10.5 Å². The largest absolute Gasteiger partial charge is 0.478 e. The molecule has 0 aliphatic carbocycles. The normalized spacial score (nSPS) is 17.9. The molecule has 100 valence electrons. The highest BCUT2D eigenvalue weighted by atomic mass is 35.5. The van der Waals surface area contributed by atoms with E-state index in [-0.39, 0.29) is 15.8 Å². The number of carbonyl (C=O) groups is 3. The van der Waals surface area contributed by atoms with Crippen molar-refractivity contribution < 1.29 is 19.5 Å². The van der Waals surface area contributed by atoms with E-state index in [9.17, 15) is 14.4 Å². The summed E-state index contributed by atoms with van der Waals surface area (Å²) in [6, 6.07) is 3.55. The minimum Gasteiger partial charge on any atom is -0.478 e. The summed E-state index contributed by atoms with van der Waals surface area (Å²) >= 11 is 6.75. The van der Waals surface area contributed by atoms with Gasteiger partial charge in [0, 0.05) is 11.4 Å². The third-order valence-electron chi connectivity index (χ3n) is 2.45. The third-order valence-corrected chi connectivity index (χ3v) is 3.66. The highest BCUT2D eigenvalue weighted by Gasteiger charge is 2.28. The van der Waals surface area contributed by atoms with E-state index >= 15 is 0 Å². The first-order valence-corrected chi connectivity index (χ1v) is 6.60. The van der Waals surface area contributed by atoms with Gasteiger partial charge in [0.2, 0.25) is 5.91 Å². The van der Waals surface area contributed by atoms with E-state index in [1.165, 1.54) is 18.2 Å². The molecule has 1 aromatic carbocycles. The van der Waals surface area contributed by atoms with E-state index in [1.807, 2.05) is 0 Å². The molecule has 1 unspecified atom stereocenters. The van der Waals surface area contributed by atoms with Crippen LogP contribution in [0.2, 0.25) is 5.02 Å². The van der Waals surface area contributed by atoms with E-state index in [0.29, 0.717) is 11.4 Å². The molecule has 1 aliphatic rings. The molecule has 8 heteroatoms. The monoisotopic (exact) mass is 300 g/mol. The molecule has 0 spiro atoms. The zero-order valence-electron chi connectivity index (χ0n) is 9.47. The van der Waals surface area contributed by atoms with Crippen molar-refractivity contribution in [2.45, 2.75) is 6.04 Å². The van der Waals surface area contributed by atoms with E-state index < -0.39 is 17.9 Å². The summed E-state index contributed by atoms with van der Waals surface area (Å²) < 4.78 is 0. The van der Waals surface area contributed by atoms with Crippen LogP contribution in [-0.2, 0) is 4.79 Å². The smallest absolute Gasteiger partial charge is 0.337 e. The predicted octanol–water partition coefficient (Wildman–Crippen LogP) is 1.80. The van der Waals surface area contributed by atoms with Gasteiger partial charge in [0.1, 0.15) is 6.04 Å². The first-order valence-electron chi connectivity index (χ1n) is 5.24. The summed E-state index contributed by atoms with van der Waals surface area (Å²) in [6.07, 6.45) is 0. The van der Waals surface area contributed by atoms with Gasteiger partial charge in [0.05, 0.1) is 10.6 Å². The first-order chi connectivity index (χ1) is 8.97. The highest BCUT2D eigenvalue weighted by molar-refractivity contribution is 8.14. The zero-order valence-corrected chi connectivity index (χ0v) is 11.0. The van der Waals surface area contributed by atoms with Crippen LogP contribution in [0.15, 0.2) is 18.2 Å². The summed E-state index contributed by atoms with van der Waals surface area (Å²) in [5, 5.41) is 13.8. The van der Waals surface area contributed by atoms with Crippen LogP contribution >= 0.6 is 23.4 Å². The lowest BCUT2D eigenvalue weighted by molar-refractivity contribution is -0.117. The Labute approximate surface area is 117 Å². The summed E-state index contributed by atoms with van der Waals surface area (Å²) in [4.78, 5) is 33.7. The topological polar surface area (TPSA) is 95.5 Å². The molecule has 0 saturated carbocycles. The number of aromatic carboxylic acids is 1. The molecule has 0 bridgehead atoms. The van der Waals surface area contributed by atoms with Gasteiger partial charge in [-0.05, 0) is 18.2 Å². The lowest BCUT2D eigenvalue weighted by atomic mass is 10.2. The average Bonchev–Trinajstić information content (AvgIpc) is 2.78. The van der Waals surface area contributed by atoms with E-state index in [2.05, 4.69) is 10.6 Å². The maximum Gasteiger partial charge on any atom is 0.337 e. The van der Waals surface area contributed by atoms with Gasteiger partial charge in [-0.1, -0.05) is 23.4 Å². The Morgan fingerprint density at radius 1 is 1.47 bits per heavy atom. The molecule has 1 saturated heterocycles. The Morgan fingerprint density at radius 2 is 2.21 bits per heavy atom. The molecular formula is C11H9ClN2O4S. The standard InChI is InChI=1S/C11H9ClN2O4S/c12-7-2-1-5(3-6(7)10(16)17)13-9(15)8-4-19-11(18)14-8/h1-3,8H,4H2,(H,13,15)(H,14,18)(H,16,17). The van der Waals surface area contributed by atoms with Gasteiger partial charge >= 0.3 is 5.97 Å². The summed E-state index contributed by atoms with van der Waals surface area (Å²) in [7, 11) is 0. The van der Waals surface area contributed by atoms with Gasteiger partial charge in [0.15, 0.2) is 0 Å². The second kappa shape index (κ2) is 5.50. The minimum absolute atomic E-state index is 0.0928. The number of nitrogens with one attached hydrogen (secondary N) is 2. The Kier molecular flexibility index (Phi) is 3.96. The number of rotatable bonds is 3. The quantitative estimate of drug-likeness (QED) is 0.791. The van der Waals surface area contributed by atoms with Gasteiger partial charge < -0.3 is 15.7 Å². The number of carboxylic acids is 1. The fourth-order valence-corrected chi connectivity index (χ4v) is 2.50. The summed E-state index contributed by atoms with van der Waals surface area (Å²) in [6.45, 7) is 0. The van der Waals surface area contributed by atoms with Crippen molar-refractivity contribution in [2.75, 3.05) is 11.1 Å². The van der Waals surface area contributed by atoms with Crippen LogP contribution in [0.25, 0.3) is 0 Å². The second-order valence-electron chi connectivity index (χ2n) is 3.78. The van der Waals surface area contributed by atoms with Crippen LogP contribution in [0.5, 0.6) is 0 Å². The molecule has 2 rings (SSSR count). The average molecular weight is 301 g/mol. The number of hydrogen-bond acceptors (Lipinski definition) is 4. The van der Waals surface area contributed by atoms with Crippen molar-refractivity contribution in [3.05, 3.63) is 28.8 Å². The lowest BCUT2D eigenvalue weighted by Crippen LogP contribution is -2.38. The van der Waals surface area contributed by atoms with Crippen molar-refractivity contribution >= 4 is 46.2 Å². The molecule has 1 aromatic rings. The minimum atomic E-state index is -1.18. The molecule has 0 radical (unpaired) electrons. The number of anilines is 1. The summed E-state index contributed by atoms with van der Waals surface area (Å²) in [5.41, 5.74) is 0.224. The molecule has 6 nitrogen and oxygen atoms in total. The maximum atomic E-state index is 11.8. The number of thioether (sulfide) groups is 1. The molecule has 1 atom stereocenters. The predicted molar refractivity (Wildman–Crippen MR) is 71.8 cm³/mol. The van der Waals surface area contributed by atoms with Crippen molar-refractivity contribution in [1.82, 2.24) is 5.32 Å². The number of carbonyl (C=O) groups excluding carboxylic acids is 2. The summed E-state index contributed by atoms with van der Waals surface area (Å²) in [5.74, 6) is -1.22. The van der Waals surface area contributed by atoms with E-state index in [0.717, 1.165) is 11.8 Å². The lowest BCUT2D eigenvalue weighted by Gasteiger charge is -2.11. The van der Waals surface area contributed by atoms with Gasteiger partial charge in [-0.3, -0.25) is 9.59 Å². The number of halogens is 1. The molecule has 3 N–H and O–H groups in total. The first kappa shape index (κ1) is 13.7. The fourth-order valence-electron chi connectivity index (χ4n) is 1.52. The Balaban J connectivity index is 2.11. The number of carboxylic acid groups (broad SMARTS) is 1. The zero-order chi connectivity index (χ0) is 14.0. The Bertz CT molecular complexity index is 564. The molecule has 1 fully saturated rings. The highest BCUT2D eigenvalue weighted by Crippen LogP contribution is 2.21. The Morgan fingerprint density at radius 3 is 2.79 bits per heavy atom. The molecular weight excluding hydrogens is 292 g/mol. The molecule has 1 heterocycles. The molecule has 2 amide bonds. The van der Waals surface area contributed by atoms with Crippen molar-refractivity contribution in [3.63, 3.8) is 0 Å². The van der Waals surface area contributed by atoms with Crippen LogP contribution in [-0.4, -0.2) is 34.0 Å². The SMILES string of the molecule is O=C1NC(C(=O)Nc2ccc(Cl)c(C(=O)O)c2)CS1. The Hall–Kier alpha value is -1.73. The van der Waals surface area contributed by atoms with E-state index in [4.69, 9.17) is 16.7 Å². The van der Waals surface area contributed by atoms with Crippen molar-refractivity contribution in [2.24, 2.45) is 0 Å². The van der Waals surface area contributed by atoms with Gasteiger partial charge in [-0.25, -0.2) is 4.79 Å². The second-order valence-corrected chi connectivity index (χ2v) is 5.18. The van der Waals surface area contributed by atoms with Crippen LogP contribution in [0.3, 0.4) is 0 Å². The molecule has 1 aliphatic heterocycles.